The molecule has 4 atom stereocenters. The molecule has 9 nitrogen and oxygen atoms in total. The minimum Gasteiger partial charge on any atom is -0.414 e. The van der Waals surface area contributed by atoms with Crippen LogP contribution in [0.2, 0.25) is 22.2 Å². The molecule has 2 fully saturated rings. The third-order valence-electron chi connectivity index (χ3n) is 7.47. The predicted octanol–water partition coefficient (Wildman–Crippen LogP) is 4.07. The molecule has 0 amide bonds. The van der Waals surface area contributed by atoms with Crippen LogP contribution < -0.4 is 5.73 Å². The van der Waals surface area contributed by atoms with Crippen LogP contribution in [0.3, 0.4) is 0 Å². The summed E-state index contributed by atoms with van der Waals surface area (Å²) in [5.74, 6) is 0.378. The van der Waals surface area contributed by atoms with Gasteiger partial charge in [0.1, 0.15) is 36.3 Å². The maximum absolute atomic E-state index is 11.5. The van der Waals surface area contributed by atoms with E-state index in [0.29, 0.717) is 23.6 Å². The maximum atomic E-state index is 11.5. The first-order valence-corrected chi connectivity index (χ1v) is 16.3. The molecule has 0 bridgehead atoms. The molecule has 0 radical (unpaired) electrons. The highest BCUT2D eigenvalue weighted by atomic mass is 28.5. The molecule has 0 spiro atoms. The summed E-state index contributed by atoms with van der Waals surface area (Å²) in [4.78, 5) is 4.06. The number of hydrogen-bond acceptors (Lipinski definition) is 8. The van der Waals surface area contributed by atoms with Gasteiger partial charge < -0.3 is 28.5 Å². The maximum Gasteiger partial charge on any atom is 0.335 e. The molecule has 0 aliphatic carbocycles. The lowest BCUT2D eigenvalue weighted by Gasteiger charge is -2.51. The van der Waals surface area contributed by atoms with E-state index in [1.807, 2.05) is 12.1 Å². The van der Waals surface area contributed by atoms with Crippen molar-refractivity contribution in [3.8, 4) is 0 Å². The Kier molecular flexibility index (Phi) is 7.02. The number of rotatable bonds is 5. The third-order valence-corrected chi connectivity index (χ3v) is 17.7. The van der Waals surface area contributed by atoms with E-state index in [0.717, 1.165) is 0 Å². The summed E-state index contributed by atoms with van der Waals surface area (Å²) in [6, 6.07) is 3.72. The van der Waals surface area contributed by atoms with E-state index in [1.165, 1.54) is 6.33 Å². The van der Waals surface area contributed by atoms with Crippen molar-refractivity contribution >= 4 is 28.5 Å². The Bertz CT molecular complexity index is 998. The number of hydrogen-bond donors (Lipinski definition) is 2. The van der Waals surface area contributed by atoms with Crippen LogP contribution in [0.25, 0.3) is 5.52 Å². The standard InChI is InChI=1S/C23H40N4O5Si2/c1-13(2)33(14(3)4)29-11-19-22(31-34(32-33,15(5)6)16(7)8)20(28)21(30-19)17-9-10-18-23(24)25-12-26-27(17)18/h9-10,12-16,19-22,28H,11H2,1-8H3,(H2,24,25,26)/t19-,20+,21+,22-/m1/s1. The van der Waals surface area contributed by atoms with E-state index in [2.05, 4.69) is 65.5 Å². The van der Waals surface area contributed by atoms with Gasteiger partial charge in [-0.1, -0.05) is 55.4 Å². The molecule has 0 aromatic carbocycles. The number of ether oxygens (including phenoxy) is 1. The first kappa shape index (κ1) is 25.7. The quantitative estimate of drug-likeness (QED) is 0.581. The smallest absolute Gasteiger partial charge is 0.335 e. The molecule has 2 aromatic heterocycles. The van der Waals surface area contributed by atoms with Crippen molar-refractivity contribution in [3.05, 3.63) is 24.2 Å². The highest BCUT2D eigenvalue weighted by Gasteiger charge is 2.61. The second-order valence-electron chi connectivity index (χ2n) is 10.8. The Morgan fingerprint density at radius 1 is 1.00 bits per heavy atom. The van der Waals surface area contributed by atoms with Crippen LogP contribution in [-0.2, 0) is 17.7 Å². The van der Waals surface area contributed by atoms with Crippen molar-refractivity contribution in [2.24, 2.45) is 0 Å². The Morgan fingerprint density at radius 2 is 1.62 bits per heavy atom. The van der Waals surface area contributed by atoms with Gasteiger partial charge in [0.2, 0.25) is 0 Å². The SMILES string of the molecule is CC(C)[Si]1(C(C)C)OC[C@H]2O[C@@H](c3ccc4c(N)ncnn34)[C@H](O)[C@@H]2O[Si](C(C)C)(C(C)C)O1. The molecule has 4 heterocycles. The zero-order chi connectivity index (χ0) is 25.0. The van der Waals surface area contributed by atoms with Crippen LogP contribution in [0.5, 0.6) is 0 Å². The minimum absolute atomic E-state index is 0.173. The zero-order valence-corrected chi connectivity index (χ0v) is 23.6. The monoisotopic (exact) mass is 508 g/mol. The van der Waals surface area contributed by atoms with E-state index in [1.54, 1.807) is 4.52 Å². The van der Waals surface area contributed by atoms with Gasteiger partial charge in [0.15, 0.2) is 5.82 Å². The molecule has 0 saturated carbocycles. The van der Waals surface area contributed by atoms with E-state index < -0.39 is 41.5 Å². The highest BCUT2D eigenvalue weighted by molar-refractivity contribution is 6.83. The second-order valence-corrected chi connectivity index (χ2v) is 19.7. The summed E-state index contributed by atoms with van der Waals surface area (Å²) < 4.78 is 29.1. The molecule has 2 aliphatic heterocycles. The summed E-state index contributed by atoms with van der Waals surface area (Å²) in [7, 11) is -5.51. The average molecular weight is 509 g/mol. The first-order chi connectivity index (χ1) is 15.9. The Balaban J connectivity index is 1.77. The highest BCUT2D eigenvalue weighted by Crippen LogP contribution is 2.49. The number of aromatic nitrogens is 3. The van der Waals surface area contributed by atoms with Crippen molar-refractivity contribution in [2.75, 3.05) is 12.3 Å². The van der Waals surface area contributed by atoms with Gasteiger partial charge in [-0.05, 0) is 34.3 Å². The number of anilines is 1. The Labute approximate surface area is 204 Å². The largest absolute Gasteiger partial charge is 0.414 e. The molecule has 3 N–H and O–H groups in total. The van der Waals surface area contributed by atoms with Gasteiger partial charge in [0.25, 0.3) is 0 Å². The molecule has 4 rings (SSSR count). The fourth-order valence-electron chi connectivity index (χ4n) is 5.59. The number of nitrogen functional groups attached to an aromatic ring is 1. The van der Waals surface area contributed by atoms with Crippen molar-refractivity contribution in [2.45, 2.75) is 102 Å². The number of nitrogens with two attached hydrogens (primary N) is 1. The van der Waals surface area contributed by atoms with Gasteiger partial charge in [-0.2, -0.15) is 5.10 Å². The van der Waals surface area contributed by atoms with E-state index >= 15 is 0 Å². The van der Waals surface area contributed by atoms with Gasteiger partial charge in [0, 0.05) is 0 Å². The van der Waals surface area contributed by atoms with Crippen LogP contribution in [0.1, 0.15) is 67.2 Å². The summed E-state index contributed by atoms with van der Waals surface area (Å²) in [5.41, 5.74) is 8.25. The van der Waals surface area contributed by atoms with Crippen molar-refractivity contribution in [3.63, 3.8) is 0 Å². The topological polar surface area (TPSA) is 113 Å². The van der Waals surface area contributed by atoms with Crippen LogP contribution >= 0.6 is 0 Å². The van der Waals surface area contributed by atoms with Crippen molar-refractivity contribution < 1.29 is 22.8 Å². The van der Waals surface area contributed by atoms with Crippen molar-refractivity contribution in [1.82, 2.24) is 14.6 Å². The summed E-state index contributed by atoms with van der Waals surface area (Å²) in [6.45, 7) is 17.8. The Morgan fingerprint density at radius 3 is 2.21 bits per heavy atom. The molecule has 2 aliphatic rings. The minimum atomic E-state index is -2.84. The first-order valence-electron chi connectivity index (χ1n) is 12.4. The van der Waals surface area contributed by atoms with Gasteiger partial charge in [-0.15, -0.1) is 0 Å². The van der Waals surface area contributed by atoms with Gasteiger partial charge >= 0.3 is 17.1 Å². The molecule has 0 unspecified atom stereocenters. The fraction of sp³-hybridized carbons (Fsp3) is 0.739. The number of aliphatic hydroxyl groups is 1. The lowest BCUT2D eigenvalue weighted by molar-refractivity contribution is -0.0399. The van der Waals surface area contributed by atoms with E-state index in [-0.39, 0.29) is 22.2 Å². The number of aliphatic hydroxyl groups excluding tert-OH is 1. The molecule has 2 saturated heterocycles. The summed E-state index contributed by atoms with van der Waals surface area (Å²) in [5, 5.41) is 15.9. The fourth-order valence-corrected chi connectivity index (χ4v) is 16.8. The summed E-state index contributed by atoms with van der Waals surface area (Å²) in [6.07, 6.45) is -1.10. The molecule has 190 valence electrons. The van der Waals surface area contributed by atoms with Gasteiger partial charge in [-0.3, -0.25) is 0 Å². The lowest BCUT2D eigenvalue weighted by atomic mass is 10.1. The Hall–Kier alpha value is -1.35. The molecule has 11 heteroatoms. The van der Waals surface area contributed by atoms with E-state index in [9.17, 15) is 5.11 Å². The zero-order valence-electron chi connectivity index (χ0n) is 21.6. The molecule has 34 heavy (non-hydrogen) atoms. The van der Waals surface area contributed by atoms with Crippen LogP contribution in [-0.4, -0.2) is 61.7 Å². The van der Waals surface area contributed by atoms with Crippen LogP contribution in [0.15, 0.2) is 18.5 Å². The van der Waals surface area contributed by atoms with Gasteiger partial charge in [0.05, 0.1) is 12.3 Å². The molecular formula is C23H40N4O5Si2. The van der Waals surface area contributed by atoms with Crippen LogP contribution in [0, 0.1) is 0 Å². The third kappa shape index (κ3) is 3.95. The number of fused-ring (bicyclic) bond motifs is 2. The summed E-state index contributed by atoms with van der Waals surface area (Å²) >= 11 is 0. The lowest BCUT2D eigenvalue weighted by Crippen LogP contribution is -2.65. The number of nitrogens with zero attached hydrogens (tertiary/aromatic N) is 3. The van der Waals surface area contributed by atoms with E-state index in [4.69, 9.17) is 23.4 Å². The average Bonchev–Trinajstić information content (AvgIpc) is 3.29. The normalized spacial score (nSPS) is 29.2. The second kappa shape index (κ2) is 9.27. The van der Waals surface area contributed by atoms with Gasteiger partial charge in [-0.25, -0.2) is 9.50 Å². The van der Waals surface area contributed by atoms with Crippen LogP contribution in [0.4, 0.5) is 5.82 Å². The van der Waals surface area contributed by atoms with Crippen molar-refractivity contribution in [1.29, 1.82) is 0 Å². The molecular weight excluding hydrogens is 468 g/mol. The predicted molar refractivity (Wildman–Crippen MR) is 135 cm³/mol. The molecule has 2 aromatic rings.